The largest absolute Gasteiger partial charge is 0.421 e. The molecule has 0 atom stereocenters. The van der Waals surface area contributed by atoms with Crippen molar-refractivity contribution in [3.05, 3.63) is 64.1 Å². The Balaban J connectivity index is 2.09. The van der Waals surface area contributed by atoms with Crippen molar-refractivity contribution >= 4 is 15.8 Å². The zero-order valence-electron chi connectivity index (χ0n) is 17.7. The van der Waals surface area contributed by atoms with Crippen molar-refractivity contribution in [2.45, 2.75) is 26.7 Å². The summed E-state index contributed by atoms with van der Waals surface area (Å²) in [6.07, 6.45) is 2.63. The molecule has 0 amide bonds. The molecule has 1 aromatic carbocycles. The van der Waals surface area contributed by atoms with Gasteiger partial charge in [-0.3, -0.25) is 9.52 Å². The molecule has 3 aromatic rings. The van der Waals surface area contributed by atoms with E-state index in [1.807, 2.05) is 6.92 Å². The molecule has 8 nitrogen and oxygen atoms in total. The molecule has 170 valence electrons. The van der Waals surface area contributed by atoms with Gasteiger partial charge in [-0.15, -0.1) is 0 Å². The minimum Gasteiger partial charge on any atom is -0.421 e. The van der Waals surface area contributed by atoms with Gasteiger partial charge in [0.2, 0.25) is 21.4 Å². The normalized spacial score (nSPS) is 11.4. The first kappa shape index (κ1) is 23.3. The first-order chi connectivity index (χ1) is 15.1. The van der Waals surface area contributed by atoms with E-state index in [1.54, 1.807) is 7.05 Å². The summed E-state index contributed by atoms with van der Waals surface area (Å²) in [5, 5.41) is 0. The Morgan fingerprint density at radius 3 is 2.59 bits per heavy atom. The van der Waals surface area contributed by atoms with E-state index in [0.717, 1.165) is 6.07 Å². The molecule has 0 unspecified atom stereocenters. The highest BCUT2D eigenvalue weighted by atomic mass is 32.2. The number of anilines is 1. The SMILES string of the molecule is CCCCS(=O)(=O)Nc1cc(-c2ccc(=O)n(C)c2)nc(Oc2c(C)ccc(F)c2F)n1. The van der Waals surface area contributed by atoms with Crippen LogP contribution in [-0.4, -0.2) is 28.7 Å². The molecule has 0 radical (unpaired) electrons. The quantitative estimate of drug-likeness (QED) is 0.545. The molecule has 32 heavy (non-hydrogen) atoms. The van der Waals surface area contributed by atoms with Crippen LogP contribution in [0.15, 0.2) is 41.3 Å². The van der Waals surface area contributed by atoms with E-state index in [0.29, 0.717) is 24.0 Å². The van der Waals surface area contributed by atoms with E-state index < -0.39 is 33.4 Å². The average molecular weight is 464 g/mol. The van der Waals surface area contributed by atoms with Gasteiger partial charge < -0.3 is 9.30 Å². The highest BCUT2D eigenvalue weighted by Crippen LogP contribution is 2.30. The van der Waals surface area contributed by atoms with Crippen molar-refractivity contribution in [3.8, 4) is 23.0 Å². The zero-order chi connectivity index (χ0) is 23.5. The van der Waals surface area contributed by atoms with Gasteiger partial charge in [-0.05, 0) is 31.0 Å². The topological polar surface area (TPSA) is 103 Å². The van der Waals surface area contributed by atoms with Crippen LogP contribution in [0.2, 0.25) is 0 Å². The van der Waals surface area contributed by atoms with E-state index in [4.69, 9.17) is 4.74 Å². The van der Waals surface area contributed by atoms with E-state index in [2.05, 4.69) is 14.7 Å². The number of hydrogen-bond acceptors (Lipinski definition) is 6. The molecule has 2 heterocycles. The van der Waals surface area contributed by atoms with Crippen LogP contribution in [0, 0.1) is 18.6 Å². The lowest BCUT2D eigenvalue weighted by Crippen LogP contribution is -2.18. The van der Waals surface area contributed by atoms with Gasteiger partial charge in [-0.2, -0.15) is 14.4 Å². The van der Waals surface area contributed by atoms with Crippen LogP contribution in [0.25, 0.3) is 11.3 Å². The van der Waals surface area contributed by atoms with Gasteiger partial charge in [0.05, 0.1) is 11.4 Å². The second kappa shape index (κ2) is 9.43. The number of aryl methyl sites for hydroxylation is 2. The van der Waals surface area contributed by atoms with Gasteiger partial charge >= 0.3 is 6.01 Å². The summed E-state index contributed by atoms with van der Waals surface area (Å²) >= 11 is 0. The number of sulfonamides is 1. The molecular weight excluding hydrogens is 442 g/mol. The zero-order valence-corrected chi connectivity index (χ0v) is 18.5. The summed E-state index contributed by atoms with van der Waals surface area (Å²) in [5.74, 6) is -2.96. The number of nitrogens with zero attached hydrogens (tertiary/aromatic N) is 3. The lowest BCUT2D eigenvalue weighted by molar-refractivity contribution is 0.391. The van der Waals surface area contributed by atoms with Crippen LogP contribution in [0.1, 0.15) is 25.3 Å². The maximum Gasteiger partial charge on any atom is 0.324 e. The van der Waals surface area contributed by atoms with Crippen LogP contribution in [0.3, 0.4) is 0 Å². The van der Waals surface area contributed by atoms with E-state index >= 15 is 0 Å². The smallest absolute Gasteiger partial charge is 0.324 e. The van der Waals surface area contributed by atoms with Gasteiger partial charge in [-0.25, -0.2) is 12.8 Å². The Bertz CT molecular complexity index is 1310. The Morgan fingerprint density at radius 1 is 1.16 bits per heavy atom. The summed E-state index contributed by atoms with van der Waals surface area (Å²) in [6.45, 7) is 3.38. The molecule has 1 N–H and O–H groups in total. The van der Waals surface area contributed by atoms with Gasteiger partial charge in [0, 0.05) is 30.9 Å². The molecule has 2 aromatic heterocycles. The maximum absolute atomic E-state index is 14.3. The Morgan fingerprint density at radius 2 is 1.91 bits per heavy atom. The highest BCUT2D eigenvalue weighted by Gasteiger charge is 2.18. The number of ether oxygens (including phenoxy) is 1. The van der Waals surface area contributed by atoms with Crippen molar-refractivity contribution in [3.63, 3.8) is 0 Å². The van der Waals surface area contributed by atoms with Gasteiger partial charge in [0.25, 0.3) is 0 Å². The third-order valence-corrected chi connectivity index (χ3v) is 5.90. The monoisotopic (exact) mass is 464 g/mol. The Kier molecular flexibility index (Phi) is 6.87. The minimum absolute atomic E-state index is 0.107. The second-order valence-electron chi connectivity index (χ2n) is 7.17. The van der Waals surface area contributed by atoms with Crippen molar-refractivity contribution in [2.75, 3.05) is 10.5 Å². The second-order valence-corrected chi connectivity index (χ2v) is 9.01. The van der Waals surface area contributed by atoms with E-state index in [1.165, 1.54) is 42.0 Å². The first-order valence-electron chi connectivity index (χ1n) is 9.78. The van der Waals surface area contributed by atoms with Gasteiger partial charge in [-0.1, -0.05) is 19.4 Å². The van der Waals surface area contributed by atoms with Crippen molar-refractivity contribution in [1.82, 2.24) is 14.5 Å². The van der Waals surface area contributed by atoms with Crippen LogP contribution < -0.4 is 15.0 Å². The summed E-state index contributed by atoms with van der Waals surface area (Å²) in [6, 6.07) is 6.09. The number of rotatable bonds is 8. The van der Waals surface area contributed by atoms with Crippen molar-refractivity contribution < 1.29 is 21.9 Å². The van der Waals surface area contributed by atoms with Gasteiger partial charge in [0.15, 0.2) is 11.6 Å². The lowest BCUT2D eigenvalue weighted by Gasteiger charge is -2.13. The van der Waals surface area contributed by atoms with E-state index in [-0.39, 0.29) is 22.8 Å². The third-order valence-electron chi connectivity index (χ3n) is 4.55. The summed E-state index contributed by atoms with van der Waals surface area (Å²) < 4.78 is 61.8. The molecule has 0 aliphatic carbocycles. The number of hydrogen-bond donors (Lipinski definition) is 1. The Hall–Kier alpha value is -3.34. The minimum atomic E-state index is -3.71. The number of unbranched alkanes of at least 4 members (excludes halogenated alkanes) is 1. The molecule has 0 fully saturated rings. The van der Waals surface area contributed by atoms with Crippen LogP contribution in [0.4, 0.5) is 14.6 Å². The summed E-state index contributed by atoms with van der Waals surface area (Å²) in [5.41, 5.74) is 0.723. The van der Waals surface area contributed by atoms with Gasteiger partial charge in [0.1, 0.15) is 5.82 Å². The number of aromatic nitrogens is 3. The fourth-order valence-electron chi connectivity index (χ4n) is 2.81. The number of pyridine rings is 1. The van der Waals surface area contributed by atoms with Crippen LogP contribution >= 0.6 is 0 Å². The molecule has 3 rings (SSSR count). The standard InChI is InChI=1S/C21H22F2N4O4S/c1-4-5-10-32(29,30)26-17-11-16(14-7-9-18(28)27(3)12-14)24-21(25-17)31-20-13(2)6-8-15(22)19(20)23/h6-9,11-12H,4-5,10H2,1-3H3,(H,24,25,26). The number of nitrogens with one attached hydrogen (secondary N) is 1. The predicted octanol–water partition coefficient (Wildman–Crippen LogP) is 3.76. The molecule has 0 saturated carbocycles. The van der Waals surface area contributed by atoms with Crippen molar-refractivity contribution in [2.24, 2.45) is 7.05 Å². The predicted molar refractivity (Wildman–Crippen MR) is 116 cm³/mol. The Labute approximate surface area is 184 Å². The first-order valence-corrected chi connectivity index (χ1v) is 11.4. The van der Waals surface area contributed by atoms with Crippen LogP contribution in [-0.2, 0) is 17.1 Å². The fourth-order valence-corrected chi connectivity index (χ4v) is 4.00. The summed E-state index contributed by atoms with van der Waals surface area (Å²) in [7, 11) is -2.16. The number of benzene rings is 1. The van der Waals surface area contributed by atoms with Crippen LogP contribution in [0.5, 0.6) is 11.8 Å². The number of halogens is 2. The average Bonchev–Trinajstić information content (AvgIpc) is 2.74. The summed E-state index contributed by atoms with van der Waals surface area (Å²) in [4.78, 5) is 19.9. The lowest BCUT2D eigenvalue weighted by atomic mass is 10.2. The third kappa shape index (κ3) is 5.47. The molecule has 0 aliphatic rings. The molecule has 0 spiro atoms. The molecule has 11 heteroatoms. The van der Waals surface area contributed by atoms with E-state index in [9.17, 15) is 22.0 Å². The molecule has 0 aliphatic heterocycles. The maximum atomic E-state index is 14.3. The highest BCUT2D eigenvalue weighted by molar-refractivity contribution is 7.92. The van der Waals surface area contributed by atoms with Crippen molar-refractivity contribution in [1.29, 1.82) is 0 Å². The molecule has 0 saturated heterocycles. The molecular formula is C21H22F2N4O4S. The fraction of sp³-hybridized carbons (Fsp3) is 0.286. The molecule has 0 bridgehead atoms.